The summed E-state index contributed by atoms with van der Waals surface area (Å²) >= 11 is 0. The third kappa shape index (κ3) is 28.0. The van der Waals surface area contributed by atoms with Gasteiger partial charge in [-0.05, 0) is 99.4 Å². The van der Waals surface area contributed by atoms with Gasteiger partial charge in [0, 0.05) is 76.3 Å². The van der Waals surface area contributed by atoms with Crippen LogP contribution in [-0.4, -0.2) is 66.9 Å². The van der Waals surface area contributed by atoms with Gasteiger partial charge >= 0.3 is 0 Å². The maximum Gasteiger partial charge on any atom is 0.173 e. The van der Waals surface area contributed by atoms with Crippen molar-refractivity contribution in [3.05, 3.63) is 302 Å². The molecule has 91 heavy (non-hydrogen) atoms. The standard InChI is InChI=1S/C21H23N2P.C17H20O2P.2C12H10.C11H18N2P2.2C2H3N.BrH.Fe/c22-15-16-23-17-18-9-7-8-14-21(18)24(19-10-3-1-4-11-19)20-12-5-2-6-13-20;18-14-11-12-17(19)20(13-14,15-7-3-1-4-8-15)16-9-5-2-6-10-16;2*1-3-7-11(8-4-1)12-9-5-2-6-10-12;14-8-7-12-5-6-13-9-10-3-1-2-4-11(10)15;2*1-2-3;;/h1-14,23H,15-17,22H2;1-10,14,17-19H,11-13H2;2*1-10H;1-4,7,13H,5-6,8-9,14-15H2;2*1H3;1H;/q;+1;;;;;;;. The van der Waals surface area contributed by atoms with Crippen LogP contribution in [0.3, 0.4) is 0 Å². The van der Waals surface area contributed by atoms with Crippen LogP contribution in [0.1, 0.15) is 37.8 Å². The first-order chi connectivity index (χ1) is 43.7. The molecule has 4 unspecified atom stereocenters. The van der Waals surface area contributed by atoms with Gasteiger partial charge in [-0.25, -0.2) is 0 Å². The second-order valence-corrected chi connectivity index (χ2v) is 27.2. The van der Waals surface area contributed by atoms with E-state index in [2.05, 4.69) is 265 Å². The minimum Gasteiger partial charge on any atom is -0.389 e. The molecule has 0 saturated carbocycles. The van der Waals surface area contributed by atoms with Crippen molar-refractivity contribution in [3.63, 3.8) is 0 Å². The summed E-state index contributed by atoms with van der Waals surface area (Å²) in [5.41, 5.74) is 13.4. The number of hydrogen-bond acceptors (Lipinski definition) is 8. The number of nitrogens with one attached hydrogen (secondary N) is 2. The Morgan fingerprint density at radius 2 is 0.857 bits per heavy atom. The van der Waals surface area contributed by atoms with Crippen molar-refractivity contribution >= 4 is 88.7 Å². The van der Waals surface area contributed by atoms with Crippen molar-refractivity contribution in [2.45, 2.75) is 51.7 Å². The van der Waals surface area contributed by atoms with E-state index in [0.717, 1.165) is 38.9 Å². The first-order valence-electron chi connectivity index (χ1n) is 30.0. The number of nitrogens with zero attached hydrogens (tertiary/aromatic N) is 3. The predicted molar refractivity (Wildman–Crippen MR) is 403 cm³/mol. The van der Waals surface area contributed by atoms with E-state index in [1.165, 1.54) is 79.1 Å². The molecule has 8 nitrogen and oxygen atoms in total. The number of hydrogen-bond donors (Lipinski definition) is 5. The molecule has 11 rings (SSSR count). The Morgan fingerprint density at radius 1 is 0.516 bits per heavy atom. The fourth-order valence-corrected chi connectivity index (χ4v) is 17.2. The molecule has 0 aliphatic carbocycles. The van der Waals surface area contributed by atoms with Crippen molar-refractivity contribution < 1.29 is 27.3 Å². The van der Waals surface area contributed by atoms with Crippen molar-refractivity contribution in [3.8, 4) is 34.4 Å². The molecule has 1 saturated heterocycles. The molecule has 4 atom stereocenters. The number of aliphatic hydroxyl groups is 2. The van der Waals surface area contributed by atoms with Gasteiger partial charge in [-0.1, -0.05) is 267 Å². The van der Waals surface area contributed by atoms with Crippen molar-refractivity contribution in [2.75, 3.05) is 38.5 Å². The molecule has 0 spiro atoms. The summed E-state index contributed by atoms with van der Waals surface area (Å²) in [6, 6.07) is 104. The molecule has 10 aromatic rings. The average molecular weight is 1390 g/mol. The quantitative estimate of drug-likeness (QED) is 0.0264. The van der Waals surface area contributed by atoms with Crippen molar-refractivity contribution in [1.82, 2.24) is 10.6 Å². The maximum absolute atomic E-state index is 10.8. The zero-order valence-electron chi connectivity index (χ0n) is 52.1. The van der Waals surface area contributed by atoms with E-state index in [1.54, 1.807) is 12.1 Å². The SMILES string of the molecule is Br.CC#N.CC#N.NCCNCc1ccccc1P(c1ccccc1)c1ccccc1.OC1CCC(O)[P+](c2ccccc2)(c2ccccc2)C1.PCC=NCCNCc1ccccc1P.[Fe].c1ccc(-c2ccccc2)cc1.c1ccc(-c2ccccc2)cc1. The Morgan fingerprint density at radius 3 is 1.25 bits per heavy atom. The van der Waals surface area contributed by atoms with Crippen molar-refractivity contribution in [1.29, 1.82) is 10.5 Å². The predicted octanol–water partition coefficient (Wildman–Crippen LogP) is 14.2. The molecular formula is C77H88BrFeN6O2P4+. The number of benzene rings is 10. The molecule has 1 aliphatic heterocycles. The fourth-order valence-electron chi connectivity index (χ4n) is 9.73. The van der Waals surface area contributed by atoms with Gasteiger partial charge in [-0.3, -0.25) is 4.99 Å². The van der Waals surface area contributed by atoms with Crippen LogP contribution in [0.25, 0.3) is 22.3 Å². The number of aliphatic imine (C=N–C) groups is 1. The van der Waals surface area contributed by atoms with Gasteiger partial charge in [-0.15, -0.1) is 35.5 Å². The van der Waals surface area contributed by atoms with Gasteiger partial charge in [0.05, 0.1) is 30.9 Å². The molecule has 0 bridgehead atoms. The Kier molecular flexibility index (Phi) is 41.6. The smallest absolute Gasteiger partial charge is 0.173 e. The number of nitrogens with two attached hydrogens (primary N) is 1. The topological polar surface area (TPSA) is 150 Å². The van der Waals surface area contributed by atoms with Crippen LogP contribution >= 0.6 is 50.6 Å². The van der Waals surface area contributed by atoms with E-state index in [1.807, 2.05) is 66.9 Å². The third-order valence-corrected chi connectivity index (χ3v) is 21.9. The maximum atomic E-state index is 10.8. The van der Waals surface area contributed by atoms with E-state index in [-0.39, 0.29) is 46.0 Å². The van der Waals surface area contributed by atoms with Crippen LogP contribution in [0.4, 0.5) is 0 Å². The van der Waals surface area contributed by atoms with E-state index in [0.29, 0.717) is 25.5 Å². The summed E-state index contributed by atoms with van der Waals surface area (Å²) in [5, 5.41) is 50.2. The van der Waals surface area contributed by atoms with Gasteiger partial charge in [0.15, 0.2) is 5.85 Å². The first-order valence-corrected chi connectivity index (χ1v) is 34.8. The molecule has 6 N–H and O–H groups in total. The summed E-state index contributed by atoms with van der Waals surface area (Å²) in [4.78, 5) is 4.23. The summed E-state index contributed by atoms with van der Waals surface area (Å²) in [7, 11) is 2.89. The van der Waals surface area contributed by atoms with Crippen LogP contribution in [0.5, 0.6) is 0 Å². The number of nitriles is 2. The summed E-state index contributed by atoms with van der Waals surface area (Å²) in [5.74, 6) is -0.351. The molecule has 14 heteroatoms. The molecular weight excluding hydrogens is 1300 g/mol. The molecule has 1 fully saturated rings. The van der Waals surface area contributed by atoms with Crippen molar-refractivity contribution in [2.24, 2.45) is 10.7 Å². The Hall–Kier alpha value is -6.63. The minimum atomic E-state index is -1.94. The summed E-state index contributed by atoms with van der Waals surface area (Å²) < 4.78 is 0. The minimum absolute atomic E-state index is 0. The molecule has 1 aliphatic rings. The van der Waals surface area contributed by atoms with Gasteiger partial charge in [0.25, 0.3) is 0 Å². The molecule has 1 heterocycles. The monoisotopic (exact) mass is 1390 g/mol. The van der Waals surface area contributed by atoms with Crippen LogP contribution in [0.15, 0.2) is 296 Å². The average Bonchev–Trinajstić information content (AvgIpc) is 0.812. The van der Waals surface area contributed by atoms with Crippen LogP contribution < -0.4 is 48.2 Å². The summed E-state index contributed by atoms with van der Waals surface area (Å²) in [6.07, 6.45) is 4.61. The molecule has 0 amide bonds. The fraction of sp³-hybridized carbons (Fsp3) is 0.182. The van der Waals surface area contributed by atoms with Gasteiger partial charge in [-0.2, -0.15) is 10.5 Å². The van der Waals surface area contributed by atoms with E-state index < -0.39 is 15.2 Å². The summed E-state index contributed by atoms with van der Waals surface area (Å²) in [6.45, 7) is 7.91. The Labute approximate surface area is 570 Å². The van der Waals surface area contributed by atoms with Gasteiger partial charge in [0.2, 0.25) is 0 Å². The molecule has 10 aromatic carbocycles. The zero-order valence-corrected chi connectivity index (χ0v) is 59.1. The normalized spacial score (nSPS) is 13.0. The second kappa shape index (κ2) is 48.2. The second-order valence-electron chi connectivity index (χ2n) is 20.1. The molecule has 0 radical (unpaired) electrons. The Bertz CT molecular complexity index is 3310. The largest absolute Gasteiger partial charge is 0.389 e. The van der Waals surface area contributed by atoms with E-state index in [9.17, 15) is 10.2 Å². The van der Waals surface area contributed by atoms with Crippen LogP contribution in [0, 0.1) is 22.7 Å². The first kappa shape index (κ1) is 78.6. The van der Waals surface area contributed by atoms with Gasteiger partial charge in [0.1, 0.15) is 17.9 Å². The van der Waals surface area contributed by atoms with E-state index in [4.69, 9.17) is 16.3 Å². The van der Waals surface area contributed by atoms with E-state index >= 15 is 0 Å². The zero-order chi connectivity index (χ0) is 63.4. The van der Waals surface area contributed by atoms with Crippen LogP contribution in [0.2, 0.25) is 0 Å². The number of rotatable bonds is 17. The third-order valence-electron chi connectivity index (χ3n) is 13.9. The van der Waals surface area contributed by atoms with Crippen LogP contribution in [-0.2, 0) is 30.2 Å². The van der Waals surface area contributed by atoms with Gasteiger partial charge < -0.3 is 26.6 Å². The molecule has 0 aromatic heterocycles. The number of halogens is 1. The Balaban J connectivity index is 0.000000295. The molecule has 472 valence electrons. The number of aliphatic hydroxyl groups excluding tert-OH is 2.